The fraction of sp³-hybridized carbons (Fsp3) is 0.333. The zero-order valence-corrected chi connectivity index (χ0v) is 9.35. The molecule has 1 N–H and O–H groups in total. The molecule has 1 aromatic rings. The summed E-state index contributed by atoms with van der Waals surface area (Å²) in [6.07, 6.45) is 2.28. The summed E-state index contributed by atoms with van der Waals surface area (Å²) in [6, 6.07) is 7.50. The second kappa shape index (κ2) is 5.32. The lowest BCUT2D eigenvalue weighted by molar-refractivity contribution is -0.116. The minimum absolute atomic E-state index is 0.0837. The van der Waals surface area contributed by atoms with E-state index in [0.29, 0.717) is 13.2 Å². The maximum absolute atomic E-state index is 11.6. The minimum Gasteiger partial charge on any atom is -0.356 e. The number of nitrogens with one attached hydrogen (secondary N) is 1. The second-order valence-electron chi connectivity index (χ2n) is 3.80. The number of benzene rings is 1. The topological polar surface area (TPSA) is 65.4 Å². The summed E-state index contributed by atoms with van der Waals surface area (Å²) in [7, 11) is 0. The average molecular weight is 231 g/mol. The largest absolute Gasteiger partial charge is 0.356 e. The number of anilines is 1. The number of carbonyl (C=O) groups is 1. The van der Waals surface area contributed by atoms with Crippen molar-refractivity contribution in [3.8, 4) is 6.19 Å². The molecule has 0 unspecified atom stereocenters. The summed E-state index contributed by atoms with van der Waals surface area (Å²) < 4.78 is 5.43. The van der Waals surface area contributed by atoms with Crippen molar-refractivity contribution in [1.29, 1.82) is 5.26 Å². The Kier molecular flexibility index (Phi) is 3.58. The summed E-state index contributed by atoms with van der Waals surface area (Å²) in [5, 5.41) is 11.6. The van der Waals surface area contributed by atoms with Crippen LogP contribution in [-0.2, 0) is 16.1 Å². The van der Waals surface area contributed by atoms with Crippen LogP contribution in [0.25, 0.3) is 0 Å². The van der Waals surface area contributed by atoms with Gasteiger partial charge in [-0.15, -0.1) is 0 Å². The van der Waals surface area contributed by atoms with Crippen molar-refractivity contribution >= 4 is 11.6 Å². The average Bonchev–Trinajstić information content (AvgIpc) is 2.35. The number of rotatable bonds is 0. The Balaban J connectivity index is 2.17. The molecular formula is C12H13N3O2. The molecule has 0 aliphatic carbocycles. The normalized spacial score (nSPS) is 16.6. The Morgan fingerprint density at radius 3 is 3.06 bits per heavy atom. The molecular weight excluding hydrogens is 218 g/mol. The Hall–Kier alpha value is -2.06. The van der Waals surface area contributed by atoms with E-state index in [1.807, 2.05) is 30.5 Å². The van der Waals surface area contributed by atoms with Gasteiger partial charge in [0, 0.05) is 24.2 Å². The van der Waals surface area contributed by atoms with Crippen LogP contribution in [0.3, 0.4) is 0 Å². The van der Waals surface area contributed by atoms with Crippen LogP contribution in [0.15, 0.2) is 24.3 Å². The van der Waals surface area contributed by atoms with Crippen molar-refractivity contribution < 1.29 is 9.53 Å². The molecule has 0 spiro atoms. The monoisotopic (exact) mass is 231 g/mol. The van der Waals surface area contributed by atoms with E-state index in [1.54, 1.807) is 0 Å². The molecule has 0 bridgehead atoms. The summed E-state index contributed by atoms with van der Waals surface area (Å²) >= 11 is 0. The standard InChI is InChI=1S/C12H13N3O2/c13-8-15-6-5-12(16)14-11-4-2-1-3-10(11)7-17-9-15/h1-4H,5-7,9H2,(H,14,16). The predicted molar refractivity (Wildman–Crippen MR) is 61.7 cm³/mol. The van der Waals surface area contributed by atoms with Crippen molar-refractivity contribution in [1.82, 2.24) is 4.90 Å². The third-order valence-corrected chi connectivity index (χ3v) is 2.55. The van der Waals surface area contributed by atoms with Gasteiger partial charge in [-0.25, -0.2) is 0 Å². The minimum atomic E-state index is -0.0837. The number of para-hydroxylation sites is 1. The zero-order chi connectivity index (χ0) is 12.1. The van der Waals surface area contributed by atoms with E-state index in [0.717, 1.165) is 11.3 Å². The number of carbonyl (C=O) groups excluding carboxylic acids is 1. The number of hydrogen-bond donors (Lipinski definition) is 1. The van der Waals surface area contributed by atoms with Crippen LogP contribution in [-0.4, -0.2) is 24.1 Å². The first-order chi connectivity index (χ1) is 8.29. The van der Waals surface area contributed by atoms with Crippen molar-refractivity contribution in [3.05, 3.63) is 29.8 Å². The van der Waals surface area contributed by atoms with E-state index in [2.05, 4.69) is 5.32 Å². The molecule has 1 aromatic carbocycles. The van der Waals surface area contributed by atoms with Crippen molar-refractivity contribution in [2.75, 3.05) is 18.6 Å². The summed E-state index contributed by atoms with van der Waals surface area (Å²) in [5.74, 6) is -0.0837. The van der Waals surface area contributed by atoms with E-state index >= 15 is 0 Å². The highest BCUT2D eigenvalue weighted by molar-refractivity contribution is 5.91. The van der Waals surface area contributed by atoms with Gasteiger partial charge in [-0.3, -0.25) is 9.69 Å². The first kappa shape index (κ1) is 11.4. The number of hydrogen-bond acceptors (Lipinski definition) is 4. The summed E-state index contributed by atoms with van der Waals surface area (Å²) in [5.41, 5.74) is 1.70. The van der Waals surface area contributed by atoms with Gasteiger partial charge in [-0.05, 0) is 6.07 Å². The van der Waals surface area contributed by atoms with Gasteiger partial charge in [-0.2, -0.15) is 5.26 Å². The van der Waals surface area contributed by atoms with Crippen LogP contribution in [0.4, 0.5) is 5.69 Å². The molecule has 88 valence electrons. The lowest BCUT2D eigenvalue weighted by Crippen LogP contribution is -2.27. The van der Waals surface area contributed by atoms with E-state index < -0.39 is 0 Å². The smallest absolute Gasteiger partial charge is 0.226 e. The quantitative estimate of drug-likeness (QED) is 0.683. The number of nitriles is 1. The molecule has 0 radical (unpaired) electrons. The Labute approximate surface area is 99.6 Å². The van der Waals surface area contributed by atoms with Crippen LogP contribution in [0.5, 0.6) is 0 Å². The molecule has 1 aliphatic heterocycles. The van der Waals surface area contributed by atoms with Gasteiger partial charge in [0.2, 0.25) is 5.91 Å². The van der Waals surface area contributed by atoms with Gasteiger partial charge in [-0.1, -0.05) is 18.2 Å². The first-order valence-corrected chi connectivity index (χ1v) is 5.40. The second-order valence-corrected chi connectivity index (χ2v) is 3.80. The molecule has 17 heavy (non-hydrogen) atoms. The molecule has 5 nitrogen and oxygen atoms in total. The summed E-state index contributed by atoms with van der Waals surface area (Å²) in [6.45, 7) is 0.983. The highest BCUT2D eigenvalue weighted by atomic mass is 16.5. The van der Waals surface area contributed by atoms with Crippen LogP contribution in [0.1, 0.15) is 12.0 Å². The molecule has 0 saturated heterocycles. The van der Waals surface area contributed by atoms with Gasteiger partial charge < -0.3 is 10.1 Å². The molecule has 0 atom stereocenters. The van der Waals surface area contributed by atoms with Gasteiger partial charge in [0.05, 0.1) is 6.61 Å². The third kappa shape index (κ3) is 2.95. The third-order valence-electron chi connectivity index (χ3n) is 2.55. The van der Waals surface area contributed by atoms with Crippen molar-refractivity contribution in [3.63, 3.8) is 0 Å². The number of ether oxygens (including phenoxy) is 1. The molecule has 1 aliphatic rings. The Morgan fingerprint density at radius 2 is 2.24 bits per heavy atom. The van der Waals surface area contributed by atoms with Crippen LogP contribution < -0.4 is 5.32 Å². The summed E-state index contributed by atoms with van der Waals surface area (Å²) in [4.78, 5) is 13.1. The van der Waals surface area contributed by atoms with Crippen molar-refractivity contribution in [2.45, 2.75) is 13.0 Å². The van der Waals surface area contributed by atoms with E-state index in [9.17, 15) is 4.79 Å². The van der Waals surface area contributed by atoms with E-state index in [-0.39, 0.29) is 19.1 Å². The molecule has 2 rings (SSSR count). The van der Waals surface area contributed by atoms with Gasteiger partial charge >= 0.3 is 0 Å². The molecule has 1 heterocycles. The van der Waals surface area contributed by atoms with E-state index in [1.165, 1.54) is 4.90 Å². The molecule has 0 aromatic heterocycles. The lowest BCUT2D eigenvalue weighted by atomic mass is 10.2. The van der Waals surface area contributed by atoms with E-state index in [4.69, 9.17) is 10.00 Å². The molecule has 5 heteroatoms. The SMILES string of the molecule is N#CN1CCC(=O)Nc2ccccc2COC1. The Bertz CT molecular complexity index is 453. The van der Waals surface area contributed by atoms with Gasteiger partial charge in [0.25, 0.3) is 0 Å². The maximum atomic E-state index is 11.6. The zero-order valence-electron chi connectivity index (χ0n) is 9.35. The maximum Gasteiger partial charge on any atom is 0.226 e. The number of amides is 1. The molecule has 1 amide bonds. The van der Waals surface area contributed by atoms with Crippen LogP contribution in [0.2, 0.25) is 0 Å². The predicted octanol–water partition coefficient (Wildman–Crippen LogP) is 1.29. The lowest BCUT2D eigenvalue weighted by Gasteiger charge is -2.19. The molecule has 0 saturated carbocycles. The highest BCUT2D eigenvalue weighted by Gasteiger charge is 2.12. The van der Waals surface area contributed by atoms with Crippen molar-refractivity contribution in [2.24, 2.45) is 0 Å². The fourth-order valence-corrected chi connectivity index (χ4v) is 1.63. The van der Waals surface area contributed by atoms with Gasteiger partial charge in [0.1, 0.15) is 6.73 Å². The first-order valence-electron chi connectivity index (χ1n) is 5.40. The number of fused-ring (bicyclic) bond motifs is 1. The van der Waals surface area contributed by atoms with Crippen LogP contribution in [0, 0.1) is 11.5 Å². The molecule has 0 fully saturated rings. The Morgan fingerprint density at radius 1 is 1.41 bits per heavy atom. The highest BCUT2D eigenvalue weighted by Crippen LogP contribution is 2.17. The number of nitrogens with zero attached hydrogens (tertiary/aromatic N) is 2. The van der Waals surface area contributed by atoms with Crippen LogP contribution >= 0.6 is 0 Å². The van der Waals surface area contributed by atoms with Gasteiger partial charge in [0.15, 0.2) is 6.19 Å². The fourth-order valence-electron chi connectivity index (χ4n) is 1.63.